The van der Waals surface area contributed by atoms with E-state index in [9.17, 15) is 0 Å². The second-order valence-electron chi connectivity index (χ2n) is 6.29. The maximum Gasteiger partial charge on any atom is 2.00 e. The van der Waals surface area contributed by atoms with Crippen molar-refractivity contribution in [3.8, 4) is 0 Å². The Bertz CT molecular complexity index is 634. The number of hydrogen-bond donors (Lipinski definition) is 0. The van der Waals surface area contributed by atoms with Gasteiger partial charge in [-0.25, -0.2) is 0 Å². The van der Waals surface area contributed by atoms with Crippen molar-refractivity contribution in [3.05, 3.63) is 47.0 Å². The molecule has 0 saturated carbocycles. The number of rotatable bonds is 9. The Morgan fingerprint density at radius 3 is 1.44 bits per heavy atom. The van der Waals surface area contributed by atoms with Crippen molar-refractivity contribution in [3.63, 3.8) is 0 Å². The third-order valence-electron chi connectivity index (χ3n) is 4.06. The normalized spacial score (nSPS) is 12.3. The smallest absolute Gasteiger partial charge is 0.660 e. The molecule has 5 heteroatoms. The van der Waals surface area contributed by atoms with Gasteiger partial charge in [0.2, 0.25) is 0 Å². The third-order valence-corrected chi connectivity index (χ3v) is 4.06. The van der Waals surface area contributed by atoms with E-state index in [-0.39, 0.29) is 17.1 Å². The Kier molecular flexibility index (Phi) is 9.54. The minimum atomic E-state index is 0. The summed E-state index contributed by atoms with van der Waals surface area (Å²) in [7, 11) is 0. The topological polar surface area (TPSA) is 52.9 Å². The Morgan fingerprint density at radius 1 is 0.720 bits per heavy atom. The van der Waals surface area contributed by atoms with Gasteiger partial charge < -0.3 is 9.97 Å². The van der Waals surface area contributed by atoms with Gasteiger partial charge in [0.1, 0.15) is 0 Å². The first-order valence-corrected chi connectivity index (χ1v) is 8.80. The summed E-state index contributed by atoms with van der Waals surface area (Å²) in [5.74, 6) is 0. The van der Waals surface area contributed by atoms with Crippen LogP contribution in [0.15, 0.2) is 34.3 Å². The van der Waals surface area contributed by atoms with E-state index in [1.54, 1.807) is 0 Å². The summed E-state index contributed by atoms with van der Waals surface area (Å²) in [6, 6.07) is 8.14. The zero-order valence-electron chi connectivity index (χ0n) is 15.6. The van der Waals surface area contributed by atoms with E-state index < -0.39 is 0 Å². The van der Waals surface area contributed by atoms with E-state index in [0.717, 1.165) is 60.1 Å². The van der Waals surface area contributed by atoms with Crippen LogP contribution in [0.2, 0.25) is 0 Å². The maximum absolute atomic E-state index is 4.61. The average Bonchev–Trinajstić information content (AvgIpc) is 3.18. The molecular formula is C20H28CuN4. The van der Waals surface area contributed by atoms with Gasteiger partial charge in [0.15, 0.2) is 0 Å². The summed E-state index contributed by atoms with van der Waals surface area (Å²) < 4.78 is 0. The van der Waals surface area contributed by atoms with Crippen molar-refractivity contribution in [1.29, 1.82) is 0 Å². The van der Waals surface area contributed by atoms with Gasteiger partial charge in [-0.1, -0.05) is 51.0 Å². The summed E-state index contributed by atoms with van der Waals surface area (Å²) in [6.07, 6.45) is 4.66. The molecule has 139 valence electrons. The quantitative estimate of drug-likeness (QED) is 0.369. The molecule has 0 bridgehead atoms. The van der Waals surface area contributed by atoms with E-state index in [1.165, 1.54) is 12.8 Å². The molecule has 2 aromatic heterocycles. The number of unbranched alkanes of at least 4 members (excludes halogenated alkanes) is 3. The molecule has 0 unspecified atom stereocenters. The molecular weight excluding hydrogens is 360 g/mol. The van der Waals surface area contributed by atoms with Crippen LogP contribution >= 0.6 is 0 Å². The van der Waals surface area contributed by atoms with Crippen molar-refractivity contribution in [1.82, 2.24) is 9.97 Å². The first-order chi connectivity index (χ1) is 11.6. The fourth-order valence-corrected chi connectivity index (χ4v) is 2.56. The van der Waals surface area contributed by atoms with Gasteiger partial charge >= 0.3 is 17.1 Å². The molecule has 0 aliphatic rings. The number of aliphatic imine (C=N–C) groups is 2. The maximum atomic E-state index is 4.61. The van der Waals surface area contributed by atoms with E-state index in [0.29, 0.717) is 0 Å². The molecule has 2 heterocycles. The van der Waals surface area contributed by atoms with Gasteiger partial charge in [0, 0.05) is 24.5 Å². The Hall–Kier alpha value is -1.58. The molecule has 0 aliphatic heterocycles. The van der Waals surface area contributed by atoms with Crippen LogP contribution in [-0.4, -0.2) is 24.5 Å². The minimum Gasteiger partial charge on any atom is -0.660 e. The molecule has 0 aliphatic carbocycles. The first-order valence-electron chi connectivity index (χ1n) is 8.80. The monoisotopic (exact) mass is 387 g/mol. The van der Waals surface area contributed by atoms with Crippen LogP contribution in [0.4, 0.5) is 0 Å². The standard InChI is InChI=1S/C20H28N4.Cu/c1-15-9-11-19(23-15)17(3)21-13-7-5-6-8-14-22-18(4)20-12-10-16(2)24-20;/h9-12H,5-8,13-14H2,1-4H3;/q-2;+2. The third kappa shape index (κ3) is 7.45. The van der Waals surface area contributed by atoms with Gasteiger partial charge in [-0.15, -0.1) is 11.4 Å². The van der Waals surface area contributed by atoms with E-state index in [2.05, 4.69) is 20.0 Å². The zero-order chi connectivity index (χ0) is 17.4. The fourth-order valence-electron chi connectivity index (χ4n) is 2.56. The summed E-state index contributed by atoms with van der Waals surface area (Å²) in [6.45, 7) is 9.87. The van der Waals surface area contributed by atoms with Gasteiger partial charge in [-0.3, -0.25) is 9.98 Å². The predicted octanol–water partition coefficient (Wildman–Crippen LogP) is 4.09. The van der Waals surface area contributed by atoms with Crippen LogP contribution in [-0.2, 0) is 17.1 Å². The SMILES string of the molecule is CC(=NCCCCCCN=C(C)c1ccc(C)[n-]1)c1ccc(C)[n-]1.[Cu+2]. The molecule has 0 saturated heterocycles. The van der Waals surface area contributed by atoms with Crippen LogP contribution in [0.3, 0.4) is 0 Å². The van der Waals surface area contributed by atoms with Gasteiger partial charge in [-0.2, -0.15) is 11.4 Å². The van der Waals surface area contributed by atoms with Crippen molar-refractivity contribution in [2.45, 2.75) is 53.4 Å². The molecule has 4 nitrogen and oxygen atoms in total. The van der Waals surface area contributed by atoms with Gasteiger partial charge in [0.05, 0.1) is 0 Å². The summed E-state index contributed by atoms with van der Waals surface area (Å²) in [4.78, 5) is 18.1. The van der Waals surface area contributed by atoms with Crippen LogP contribution in [0.25, 0.3) is 0 Å². The minimum absolute atomic E-state index is 0. The van der Waals surface area contributed by atoms with Crippen LogP contribution < -0.4 is 9.97 Å². The first kappa shape index (κ1) is 21.5. The van der Waals surface area contributed by atoms with Crippen molar-refractivity contribution < 1.29 is 17.1 Å². The van der Waals surface area contributed by atoms with E-state index in [1.807, 2.05) is 52.0 Å². The zero-order valence-corrected chi connectivity index (χ0v) is 16.6. The van der Waals surface area contributed by atoms with Crippen LogP contribution in [0, 0.1) is 13.8 Å². The van der Waals surface area contributed by atoms with Crippen molar-refractivity contribution in [2.75, 3.05) is 13.1 Å². The molecule has 0 spiro atoms. The molecule has 1 radical (unpaired) electrons. The van der Waals surface area contributed by atoms with Gasteiger partial charge in [-0.05, 0) is 26.7 Å². The summed E-state index contributed by atoms with van der Waals surface area (Å²) >= 11 is 0. The molecule has 0 N–H and O–H groups in total. The summed E-state index contributed by atoms with van der Waals surface area (Å²) in [5, 5.41) is 0. The molecule has 0 atom stereocenters. The summed E-state index contributed by atoms with van der Waals surface area (Å²) in [5.41, 5.74) is 6.22. The Balaban J connectivity index is 0.00000312. The number of aromatic nitrogens is 2. The molecule has 0 fully saturated rings. The van der Waals surface area contributed by atoms with Crippen LogP contribution in [0.1, 0.15) is 62.3 Å². The number of nitrogens with zero attached hydrogens (tertiary/aromatic N) is 4. The molecule has 25 heavy (non-hydrogen) atoms. The second kappa shape index (κ2) is 11.1. The second-order valence-corrected chi connectivity index (χ2v) is 6.29. The van der Waals surface area contributed by atoms with Crippen molar-refractivity contribution >= 4 is 11.4 Å². The largest absolute Gasteiger partial charge is 2.00 e. The number of hydrogen-bond acceptors (Lipinski definition) is 2. The predicted molar refractivity (Wildman–Crippen MR) is 102 cm³/mol. The van der Waals surface area contributed by atoms with Crippen LogP contribution in [0.5, 0.6) is 0 Å². The molecule has 2 aromatic rings. The molecule has 2 rings (SSSR count). The Labute approximate surface area is 162 Å². The van der Waals surface area contributed by atoms with Gasteiger partial charge in [0.25, 0.3) is 0 Å². The molecule has 0 amide bonds. The Morgan fingerprint density at radius 2 is 1.12 bits per heavy atom. The van der Waals surface area contributed by atoms with Crippen molar-refractivity contribution in [2.24, 2.45) is 9.98 Å². The van der Waals surface area contributed by atoms with E-state index in [4.69, 9.17) is 0 Å². The number of aryl methyl sites for hydroxylation is 2. The average molecular weight is 388 g/mol. The molecule has 0 aromatic carbocycles. The van der Waals surface area contributed by atoms with E-state index >= 15 is 0 Å². The fraction of sp³-hybridized carbons (Fsp3) is 0.500.